The van der Waals surface area contributed by atoms with E-state index in [-0.39, 0.29) is 0 Å². The zero-order valence-electron chi connectivity index (χ0n) is 12.6. The number of hydrogen-bond donors (Lipinski definition) is 0. The molecule has 0 bridgehead atoms. The molecule has 0 amide bonds. The molecule has 3 rings (SSSR count). The molecule has 0 spiro atoms. The van der Waals surface area contributed by atoms with Gasteiger partial charge >= 0.3 is 0 Å². The molecule has 0 unspecified atom stereocenters. The molecule has 0 aliphatic carbocycles. The van der Waals surface area contributed by atoms with Gasteiger partial charge < -0.3 is 9.80 Å². The Morgan fingerprint density at radius 2 is 1.75 bits per heavy atom. The molecule has 20 heavy (non-hydrogen) atoms. The van der Waals surface area contributed by atoms with E-state index >= 15 is 0 Å². The first-order valence-corrected chi connectivity index (χ1v) is 8.36. The first-order chi connectivity index (χ1) is 9.92. The fourth-order valence-electron chi connectivity index (χ4n) is 3.65. The van der Waals surface area contributed by atoms with Crippen LogP contribution in [0.4, 0.5) is 0 Å². The van der Waals surface area contributed by atoms with Gasteiger partial charge in [-0.15, -0.1) is 0 Å². The van der Waals surface area contributed by atoms with Crippen LogP contribution in [0.1, 0.15) is 44.6 Å². The van der Waals surface area contributed by atoms with Gasteiger partial charge in [0.25, 0.3) is 0 Å². The molecule has 0 aromatic carbocycles. The number of piperidine rings is 2. The molecular weight excluding hydrogens is 248 g/mol. The molecule has 1 aromatic heterocycles. The molecule has 2 saturated heterocycles. The summed E-state index contributed by atoms with van der Waals surface area (Å²) < 4.78 is 2.15. The van der Waals surface area contributed by atoms with Crippen molar-refractivity contribution in [2.75, 3.05) is 39.3 Å². The lowest BCUT2D eigenvalue weighted by molar-refractivity contribution is 0.154. The molecule has 4 nitrogen and oxygen atoms in total. The van der Waals surface area contributed by atoms with Crippen molar-refractivity contribution in [1.82, 2.24) is 19.6 Å². The third-order valence-corrected chi connectivity index (χ3v) is 4.78. The molecule has 2 aliphatic heterocycles. The molecule has 0 saturated carbocycles. The van der Waals surface area contributed by atoms with Gasteiger partial charge in [-0.05, 0) is 70.9 Å². The zero-order chi connectivity index (χ0) is 13.6. The summed E-state index contributed by atoms with van der Waals surface area (Å²) in [7, 11) is 0. The van der Waals surface area contributed by atoms with Crippen molar-refractivity contribution in [1.29, 1.82) is 0 Å². The van der Waals surface area contributed by atoms with E-state index in [0.717, 1.165) is 0 Å². The maximum Gasteiger partial charge on any atom is 0.0646 e. The summed E-state index contributed by atoms with van der Waals surface area (Å²) in [5.41, 5.74) is 0. The Morgan fingerprint density at radius 1 is 0.950 bits per heavy atom. The van der Waals surface area contributed by atoms with Crippen molar-refractivity contribution in [3.8, 4) is 0 Å². The van der Waals surface area contributed by atoms with Crippen LogP contribution in [0.2, 0.25) is 0 Å². The molecule has 4 heteroatoms. The van der Waals surface area contributed by atoms with Crippen LogP contribution in [-0.2, 0) is 0 Å². The second kappa shape index (κ2) is 7.23. The summed E-state index contributed by atoms with van der Waals surface area (Å²) in [5.74, 6) is 0. The van der Waals surface area contributed by atoms with Crippen molar-refractivity contribution in [3.63, 3.8) is 0 Å². The van der Waals surface area contributed by atoms with Crippen LogP contribution in [0.25, 0.3) is 0 Å². The monoisotopic (exact) mass is 276 g/mol. The lowest BCUT2D eigenvalue weighted by atomic mass is 10.1. The normalized spacial score (nSPS) is 25.9. The average molecular weight is 276 g/mol. The van der Waals surface area contributed by atoms with Crippen molar-refractivity contribution < 1.29 is 0 Å². The minimum absolute atomic E-state index is 0.591. The molecule has 112 valence electrons. The van der Waals surface area contributed by atoms with E-state index in [2.05, 4.69) is 25.8 Å². The Labute approximate surface area is 122 Å². The summed E-state index contributed by atoms with van der Waals surface area (Å²) >= 11 is 0. The van der Waals surface area contributed by atoms with E-state index in [1.54, 1.807) is 0 Å². The summed E-state index contributed by atoms with van der Waals surface area (Å²) in [6.07, 6.45) is 12.2. The largest absolute Gasteiger partial charge is 0.303 e. The zero-order valence-corrected chi connectivity index (χ0v) is 12.6. The van der Waals surface area contributed by atoms with Crippen LogP contribution in [-0.4, -0.2) is 58.8 Å². The Hall–Kier alpha value is -0.870. The highest BCUT2D eigenvalue weighted by Crippen LogP contribution is 2.20. The van der Waals surface area contributed by atoms with Crippen LogP contribution in [0.5, 0.6) is 0 Å². The maximum atomic E-state index is 4.41. The van der Waals surface area contributed by atoms with Crippen LogP contribution in [0, 0.1) is 0 Å². The number of nitrogens with zero attached hydrogens (tertiary/aromatic N) is 4. The molecule has 1 atom stereocenters. The molecule has 2 aliphatic rings. The average Bonchev–Trinajstić information content (AvgIpc) is 3.03. The lowest BCUT2D eigenvalue weighted by Crippen LogP contribution is -2.39. The van der Waals surface area contributed by atoms with E-state index in [1.165, 1.54) is 77.8 Å². The highest BCUT2D eigenvalue weighted by molar-refractivity contribution is 4.85. The van der Waals surface area contributed by atoms with Crippen LogP contribution < -0.4 is 0 Å². The smallest absolute Gasteiger partial charge is 0.0646 e. The van der Waals surface area contributed by atoms with Gasteiger partial charge in [0.1, 0.15) is 0 Å². The minimum Gasteiger partial charge on any atom is -0.303 e. The quantitative estimate of drug-likeness (QED) is 0.825. The molecule has 1 aromatic rings. The first-order valence-electron chi connectivity index (χ1n) is 8.36. The van der Waals surface area contributed by atoms with E-state index < -0.39 is 0 Å². The molecule has 2 fully saturated rings. The highest BCUT2D eigenvalue weighted by atomic mass is 15.3. The second-order valence-electron chi connectivity index (χ2n) is 6.34. The van der Waals surface area contributed by atoms with Crippen molar-refractivity contribution in [2.24, 2.45) is 0 Å². The Balaban J connectivity index is 1.39. The fraction of sp³-hybridized carbons (Fsp3) is 0.812. The number of likely N-dealkylation sites (tertiary alicyclic amines) is 2. The van der Waals surface area contributed by atoms with Crippen molar-refractivity contribution in [3.05, 3.63) is 18.5 Å². The van der Waals surface area contributed by atoms with Gasteiger partial charge in [-0.3, -0.25) is 4.68 Å². The third-order valence-electron chi connectivity index (χ3n) is 4.78. The number of hydrogen-bond acceptors (Lipinski definition) is 3. The molecule has 0 radical (unpaired) electrons. The van der Waals surface area contributed by atoms with Crippen LogP contribution >= 0.6 is 0 Å². The SMILES string of the molecule is c1cnn([C@@H]2CCCN(CCCN3CCCCC3)C2)c1. The van der Waals surface area contributed by atoms with Gasteiger partial charge in [-0.2, -0.15) is 5.10 Å². The van der Waals surface area contributed by atoms with Gasteiger partial charge in [-0.25, -0.2) is 0 Å². The van der Waals surface area contributed by atoms with E-state index in [9.17, 15) is 0 Å². The second-order valence-corrected chi connectivity index (χ2v) is 6.34. The predicted molar refractivity (Wildman–Crippen MR) is 81.8 cm³/mol. The fourth-order valence-corrected chi connectivity index (χ4v) is 3.65. The van der Waals surface area contributed by atoms with Gasteiger partial charge in [0, 0.05) is 18.9 Å². The minimum atomic E-state index is 0.591. The predicted octanol–water partition coefficient (Wildman–Crippen LogP) is 2.40. The van der Waals surface area contributed by atoms with Gasteiger partial charge in [0.15, 0.2) is 0 Å². The van der Waals surface area contributed by atoms with Gasteiger partial charge in [0.05, 0.1) is 6.04 Å². The van der Waals surface area contributed by atoms with Gasteiger partial charge in [0.2, 0.25) is 0 Å². The van der Waals surface area contributed by atoms with Crippen molar-refractivity contribution >= 4 is 0 Å². The highest BCUT2D eigenvalue weighted by Gasteiger charge is 2.21. The van der Waals surface area contributed by atoms with Crippen LogP contribution in [0.15, 0.2) is 18.5 Å². The van der Waals surface area contributed by atoms with Gasteiger partial charge in [-0.1, -0.05) is 6.42 Å². The Morgan fingerprint density at radius 3 is 2.55 bits per heavy atom. The summed E-state index contributed by atoms with van der Waals surface area (Å²) in [6, 6.07) is 2.63. The first kappa shape index (κ1) is 14.1. The summed E-state index contributed by atoms with van der Waals surface area (Å²) in [6.45, 7) is 7.67. The topological polar surface area (TPSA) is 24.3 Å². The molecule has 3 heterocycles. The van der Waals surface area contributed by atoms with Crippen molar-refractivity contribution in [2.45, 2.75) is 44.6 Å². The lowest BCUT2D eigenvalue weighted by Gasteiger charge is -2.33. The number of aromatic nitrogens is 2. The molecular formula is C16H28N4. The molecule has 0 N–H and O–H groups in total. The summed E-state index contributed by atoms with van der Waals surface area (Å²) in [4.78, 5) is 5.29. The van der Waals surface area contributed by atoms with E-state index in [4.69, 9.17) is 0 Å². The Kier molecular flexibility index (Phi) is 5.09. The van der Waals surface area contributed by atoms with E-state index in [1.807, 2.05) is 12.3 Å². The maximum absolute atomic E-state index is 4.41. The van der Waals surface area contributed by atoms with Crippen LogP contribution in [0.3, 0.4) is 0 Å². The number of rotatable bonds is 5. The summed E-state index contributed by atoms with van der Waals surface area (Å²) in [5, 5.41) is 4.41. The third kappa shape index (κ3) is 3.83. The standard InChI is InChI=1S/C16H28N4/c1-2-9-18(10-3-1)12-6-13-19-11-4-7-16(15-19)20-14-5-8-17-20/h5,8,14,16H,1-4,6-7,9-13,15H2/t16-/m1/s1. The van der Waals surface area contributed by atoms with E-state index in [0.29, 0.717) is 6.04 Å². The Bertz CT molecular complexity index is 370.